The molecule has 0 saturated carbocycles. The number of fused-ring (bicyclic) bond motifs is 1. The van der Waals surface area contributed by atoms with Crippen LogP contribution in [0.2, 0.25) is 0 Å². The standard InChI is InChI=1S/C24H23N5OS/c1-16-8-3-5-11-19(16)29-20-12-7-9-17(20)22(27-29)23(30)26-18-10-4-6-13-21(18)31-24-25-14-15-28(24)2/h3-6,8,10-11,13-15H,7,9,12H2,1-2H3,(H,26,30). The lowest BCUT2D eigenvalue weighted by molar-refractivity contribution is 0.102. The molecule has 7 heteroatoms. The number of benzene rings is 2. The molecule has 0 bridgehead atoms. The van der Waals surface area contributed by atoms with Gasteiger partial charge in [-0.2, -0.15) is 5.10 Å². The molecule has 0 radical (unpaired) electrons. The molecule has 2 aromatic carbocycles. The number of imidazole rings is 1. The van der Waals surface area contributed by atoms with Gasteiger partial charge in [0.2, 0.25) is 0 Å². The van der Waals surface area contributed by atoms with Gasteiger partial charge >= 0.3 is 0 Å². The SMILES string of the molecule is Cc1ccccc1-n1nc(C(=O)Nc2ccccc2Sc2nccn2C)c2c1CCC2. The van der Waals surface area contributed by atoms with Gasteiger partial charge < -0.3 is 9.88 Å². The van der Waals surface area contributed by atoms with Crippen molar-refractivity contribution < 1.29 is 4.79 Å². The molecule has 0 aliphatic heterocycles. The van der Waals surface area contributed by atoms with Crippen LogP contribution in [-0.2, 0) is 19.9 Å². The maximum Gasteiger partial charge on any atom is 0.276 e. The van der Waals surface area contributed by atoms with Crippen molar-refractivity contribution in [1.82, 2.24) is 19.3 Å². The Labute approximate surface area is 185 Å². The molecular weight excluding hydrogens is 406 g/mol. The Morgan fingerprint density at radius 3 is 2.71 bits per heavy atom. The molecule has 4 aromatic rings. The number of rotatable bonds is 5. The van der Waals surface area contributed by atoms with Crippen LogP contribution in [0, 0.1) is 6.92 Å². The van der Waals surface area contributed by atoms with E-state index in [0.29, 0.717) is 5.69 Å². The minimum absolute atomic E-state index is 0.168. The number of nitrogens with one attached hydrogen (secondary N) is 1. The molecule has 31 heavy (non-hydrogen) atoms. The van der Waals surface area contributed by atoms with E-state index in [2.05, 4.69) is 29.4 Å². The van der Waals surface area contributed by atoms with Crippen molar-refractivity contribution in [3.8, 4) is 5.69 Å². The molecule has 1 amide bonds. The summed E-state index contributed by atoms with van der Waals surface area (Å²) in [5.74, 6) is -0.168. The Hall–Kier alpha value is -3.32. The van der Waals surface area contributed by atoms with Gasteiger partial charge in [-0.3, -0.25) is 4.79 Å². The largest absolute Gasteiger partial charge is 0.329 e. The molecule has 1 aliphatic carbocycles. The highest BCUT2D eigenvalue weighted by Crippen LogP contribution is 2.33. The summed E-state index contributed by atoms with van der Waals surface area (Å²) in [5.41, 5.74) is 5.67. The first kappa shape index (κ1) is 19.6. The molecule has 0 spiro atoms. The second-order valence-corrected chi connectivity index (χ2v) is 8.71. The first-order valence-corrected chi connectivity index (χ1v) is 11.2. The Morgan fingerprint density at radius 1 is 1.10 bits per heavy atom. The summed E-state index contributed by atoms with van der Waals surface area (Å²) in [6.45, 7) is 2.07. The topological polar surface area (TPSA) is 64.7 Å². The zero-order valence-electron chi connectivity index (χ0n) is 17.5. The number of aryl methyl sites for hydroxylation is 2. The predicted molar refractivity (Wildman–Crippen MR) is 122 cm³/mol. The van der Waals surface area contributed by atoms with E-state index in [-0.39, 0.29) is 5.91 Å². The van der Waals surface area contributed by atoms with Crippen LogP contribution in [0.5, 0.6) is 0 Å². The third-order valence-corrected chi connectivity index (χ3v) is 6.75. The summed E-state index contributed by atoms with van der Waals surface area (Å²) >= 11 is 1.53. The van der Waals surface area contributed by atoms with E-state index in [4.69, 9.17) is 5.10 Å². The molecule has 0 atom stereocenters. The van der Waals surface area contributed by atoms with E-state index in [0.717, 1.165) is 57.5 Å². The molecule has 2 aromatic heterocycles. The highest BCUT2D eigenvalue weighted by molar-refractivity contribution is 7.99. The van der Waals surface area contributed by atoms with Crippen LogP contribution >= 0.6 is 11.8 Å². The average Bonchev–Trinajstić information content (AvgIpc) is 3.47. The molecular formula is C24H23N5OS. The van der Waals surface area contributed by atoms with E-state index < -0.39 is 0 Å². The van der Waals surface area contributed by atoms with Crippen molar-refractivity contribution in [3.05, 3.63) is 83.4 Å². The van der Waals surface area contributed by atoms with Crippen molar-refractivity contribution in [2.75, 3.05) is 5.32 Å². The highest BCUT2D eigenvalue weighted by atomic mass is 32.2. The fourth-order valence-electron chi connectivity index (χ4n) is 4.01. The number of para-hydroxylation sites is 2. The van der Waals surface area contributed by atoms with Crippen LogP contribution < -0.4 is 5.32 Å². The zero-order valence-corrected chi connectivity index (χ0v) is 18.3. The monoisotopic (exact) mass is 429 g/mol. The van der Waals surface area contributed by atoms with E-state index in [1.165, 1.54) is 11.8 Å². The van der Waals surface area contributed by atoms with Crippen molar-refractivity contribution in [1.29, 1.82) is 0 Å². The van der Waals surface area contributed by atoms with Crippen molar-refractivity contribution in [3.63, 3.8) is 0 Å². The number of hydrogen-bond acceptors (Lipinski definition) is 4. The Balaban J connectivity index is 1.47. The van der Waals surface area contributed by atoms with Crippen molar-refractivity contribution >= 4 is 23.4 Å². The lowest BCUT2D eigenvalue weighted by atomic mass is 10.1. The minimum atomic E-state index is -0.168. The van der Waals surface area contributed by atoms with E-state index in [9.17, 15) is 4.79 Å². The van der Waals surface area contributed by atoms with Gasteiger partial charge in [-0.1, -0.05) is 30.3 Å². The summed E-state index contributed by atoms with van der Waals surface area (Å²) in [6, 6.07) is 16.0. The molecule has 0 unspecified atom stereocenters. The number of nitrogens with zero attached hydrogens (tertiary/aromatic N) is 4. The number of aromatic nitrogens is 4. The van der Waals surface area contributed by atoms with Gasteiger partial charge in [-0.15, -0.1) is 0 Å². The smallest absolute Gasteiger partial charge is 0.276 e. The van der Waals surface area contributed by atoms with Gasteiger partial charge in [0, 0.05) is 35.6 Å². The van der Waals surface area contributed by atoms with Gasteiger partial charge in [0.1, 0.15) is 0 Å². The van der Waals surface area contributed by atoms with Crippen LogP contribution in [0.4, 0.5) is 5.69 Å². The molecule has 2 heterocycles. The summed E-state index contributed by atoms with van der Waals surface area (Å²) in [6.07, 6.45) is 6.55. The number of carbonyl (C=O) groups is 1. The summed E-state index contributed by atoms with van der Waals surface area (Å²) in [4.78, 5) is 18.6. The summed E-state index contributed by atoms with van der Waals surface area (Å²) < 4.78 is 3.92. The molecule has 0 fully saturated rings. The molecule has 1 N–H and O–H groups in total. The van der Waals surface area contributed by atoms with Crippen molar-refractivity contribution in [2.45, 2.75) is 36.2 Å². The number of anilines is 1. The second-order valence-electron chi connectivity index (χ2n) is 7.70. The van der Waals surface area contributed by atoms with Crippen LogP contribution in [0.15, 0.2) is 71.0 Å². The molecule has 6 nitrogen and oxygen atoms in total. The van der Waals surface area contributed by atoms with Gasteiger partial charge in [-0.05, 0) is 61.7 Å². The maximum absolute atomic E-state index is 13.3. The maximum atomic E-state index is 13.3. The third-order valence-electron chi connectivity index (χ3n) is 5.60. The van der Waals surface area contributed by atoms with Crippen molar-refractivity contribution in [2.24, 2.45) is 7.05 Å². The Kier molecular flexibility index (Phi) is 5.11. The Morgan fingerprint density at radius 2 is 1.90 bits per heavy atom. The highest BCUT2D eigenvalue weighted by Gasteiger charge is 2.27. The fraction of sp³-hybridized carbons (Fsp3) is 0.208. The van der Waals surface area contributed by atoms with Gasteiger partial charge in [0.05, 0.1) is 11.4 Å². The van der Waals surface area contributed by atoms with Gasteiger partial charge in [-0.25, -0.2) is 9.67 Å². The predicted octanol–water partition coefficient (Wildman–Crippen LogP) is 4.81. The van der Waals surface area contributed by atoms with E-state index in [1.807, 2.05) is 58.9 Å². The molecule has 156 valence electrons. The number of hydrogen-bond donors (Lipinski definition) is 1. The van der Waals surface area contributed by atoms with E-state index in [1.54, 1.807) is 6.20 Å². The number of carbonyl (C=O) groups excluding carboxylic acids is 1. The molecule has 0 saturated heterocycles. The third kappa shape index (κ3) is 3.65. The lowest BCUT2D eigenvalue weighted by Gasteiger charge is -2.10. The number of amides is 1. The van der Waals surface area contributed by atoms with Gasteiger partial charge in [0.25, 0.3) is 5.91 Å². The van der Waals surface area contributed by atoms with Crippen LogP contribution in [0.1, 0.15) is 33.7 Å². The van der Waals surface area contributed by atoms with Crippen LogP contribution in [-0.4, -0.2) is 25.2 Å². The van der Waals surface area contributed by atoms with Crippen LogP contribution in [0.25, 0.3) is 5.69 Å². The molecule has 5 rings (SSSR count). The summed E-state index contributed by atoms with van der Waals surface area (Å²) in [7, 11) is 1.96. The fourth-order valence-corrected chi connectivity index (χ4v) is 4.90. The molecule has 1 aliphatic rings. The first-order valence-electron chi connectivity index (χ1n) is 10.3. The zero-order chi connectivity index (χ0) is 21.4. The second kappa shape index (κ2) is 8.07. The lowest BCUT2D eigenvalue weighted by Crippen LogP contribution is -2.15. The average molecular weight is 430 g/mol. The minimum Gasteiger partial charge on any atom is -0.329 e. The van der Waals surface area contributed by atoms with E-state index >= 15 is 0 Å². The summed E-state index contributed by atoms with van der Waals surface area (Å²) in [5, 5.41) is 8.72. The Bertz CT molecular complexity index is 1270. The normalized spacial score (nSPS) is 12.7. The first-order chi connectivity index (χ1) is 15.1. The van der Waals surface area contributed by atoms with Gasteiger partial charge in [0.15, 0.2) is 10.9 Å². The quantitative estimate of drug-likeness (QED) is 0.495. The van der Waals surface area contributed by atoms with Crippen LogP contribution in [0.3, 0.4) is 0 Å².